The normalized spacial score (nSPS) is 13.6. The number of rotatable bonds is 2. The lowest BCUT2D eigenvalue weighted by Gasteiger charge is -2.29. The fourth-order valence-electron chi connectivity index (χ4n) is 1.75. The van der Waals surface area contributed by atoms with Crippen molar-refractivity contribution in [3.63, 3.8) is 0 Å². The summed E-state index contributed by atoms with van der Waals surface area (Å²) in [6, 6.07) is 8.27. The molecular weight excluding hydrogens is 222 g/mol. The second kappa shape index (κ2) is 4.48. The maximum Gasteiger partial charge on any atom is 0.0724 e. The molecule has 1 aromatic heterocycles. The number of nitrogens with zero attached hydrogens (tertiary/aromatic N) is 1. The Morgan fingerprint density at radius 2 is 1.94 bits per heavy atom. The summed E-state index contributed by atoms with van der Waals surface area (Å²) >= 11 is 0. The summed E-state index contributed by atoms with van der Waals surface area (Å²) in [4.78, 5) is 4.30. The van der Waals surface area contributed by atoms with Gasteiger partial charge in [-0.25, -0.2) is 0 Å². The van der Waals surface area contributed by atoms with Crippen LogP contribution in [0.1, 0.15) is 27.7 Å². The highest BCUT2D eigenvalue weighted by molar-refractivity contribution is 5.96. The molecule has 0 amide bonds. The Morgan fingerprint density at radius 1 is 1.22 bits per heavy atom. The van der Waals surface area contributed by atoms with Gasteiger partial charge in [0.15, 0.2) is 0 Å². The lowest BCUT2D eigenvalue weighted by atomic mass is 9.88. The molecule has 0 spiro atoms. The molecule has 0 fully saturated rings. The zero-order chi connectivity index (χ0) is 13.3. The number of anilines is 2. The second-order valence-electron chi connectivity index (χ2n) is 5.83. The molecule has 0 aliphatic heterocycles. The van der Waals surface area contributed by atoms with E-state index >= 15 is 0 Å². The van der Waals surface area contributed by atoms with Gasteiger partial charge in [-0.2, -0.15) is 0 Å². The summed E-state index contributed by atoms with van der Waals surface area (Å²) in [6.45, 7) is 8.81. The van der Waals surface area contributed by atoms with Crippen molar-refractivity contribution in [1.29, 1.82) is 0 Å². The number of pyridine rings is 1. The van der Waals surface area contributed by atoms with Gasteiger partial charge in [0.25, 0.3) is 0 Å². The van der Waals surface area contributed by atoms with E-state index in [9.17, 15) is 0 Å². The number of nitrogen functional groups attached to an aromatic ring is 1. The molecule has 2 rings (SSSR count). The van der Waals surface area contributed by atoms with E-state index in [-0.39, 0.29) is 5.41 Å². The van der Waals surface area contributed by atoms with Gasteiger partial charge in [-0.1, -0.05) is 20.8 Å². The molecule has 1 heterocycles. The number of nitrogens with one attached hydrogen (secondary N) is 1. The largest absolute Gasteiger partial charge is 0.397 e. The minimum Gasteiger partial charge on any atom is -0.397 e. The molecule has 0 bridgehead atoms. The van der Waals surface area contributed by atoms with E-state index < -0.39 is 0 Å². The predicted octanol–water partition coefficient (Wildman–Crippen LogP) is 3.66. The lowest BCUT2D eigenvalue weighted by Crippen LogP contribution is -2.31. The van der Waals surface area contributed by atoms with Crippen molar-refractivity contribution in [3.05, 3.63) is 30.5 Å². The van der Waals surface area contributed by atoms with Crippen LogP contribution in [0.5, 0.6) is 0 Å². The Morgan fingerprint density at radius 3 is 2.61 bits per heavy atom. The quantitative estimate of drug-likeness (QED) is 0.791. The average molecular weight is 243 g/mol. The average Bonchev–Trinajstić information content (AvgIpc) is 2.32. The Kier molecular flexibility index (Phi) is 3.16. The highest BCUT2D eigenvalue weighted by Gasteiger charge is 2.20. The molecule has 18 heavy (non-hydrogen) atoms. The molecule has 0 saturated heterocycles. The zero-order valence-corrected chi connectivity index (χ0v) is 11.5. The van der Waals surface area contributed by atoms with E-state index in [1.165, 1.54) is 0 Å². The first-order valence-corrected chi connectivity index (χ1v) is 6.29. The van der Waals surface area contributed by atoms with Crippen LogP contribution in [0.4, 0.5) is 11.4 Å². The molecule has 3 N–H and O–H groups in total. The number of nitrogens with two attached hydrogens (primary N) is 1. The topological polar surface area (TPSA) is 50.9 Å². The highest BCUT2D eigenvalue weighted by atomic mass is 14.9. The van der Waals surface area contributed by atoms with Crippen LogP contribution in [0.2, 0.25) is 0 Å². The summed E-state index contributed by atoms with van der Waals surface area (Å²) in [5.41, 5.74) is 9.09. The predicted molar refractivity (Wildman–Crippen MR) is 78.7 cm³/mol. The van der Waals surface area contributed by atoms with Crippen molar-refractivity contribution in [3.8, 4) is 0 Å². The van der Waals surface area contributed by atoms with Gasteiger partial charge >= 0.3 is 0 Å². The van der Waals surface area contributed by atoms with E-state index in [0.29, 0.717) is 6.04 Å². The third-order valence-corrected chi connectivity index (χ3v) is 3.50. The van der Waals surface area contributed by atoms with Crippen molar-refractivity contribution in [2.75, 3.05) is 11.1 Å². The molecule has 96 valence electrons. The summed E-state index contributed by atoms with van der Waals surface area (Å²) in [6.07, 6.45) is 1.78. The molecule has 1 atom stereocenters. The molecule has 3 nitrogen and oxygen atoms in total. The first-order valence-electron chi connectivity index (χ1n) is 6.29. The number of hydrogen-bond donors (Lipinski definition) is 2. The van der Waals surface area contributed by atoms with E-state index in [4.69, 9.17) is 5.73 Å². The van der Waals surface area contributed by atoms with Gasteiger partial charge in [0.05, 0.1) is 16.9 Å². The van der Waals surface area contributed by atoms with Gasteiger partial charge in [0.2, 0.25) is 0 Å². The highest BCUT2D eigenvalue weighted by Crippen LogP contribution is 2.30. The SMILES string of the molecule is CC(Nc1ccc2ncccc2c1N)C(C)(C)C. The summed E-state index contributed by atoms with van der Waals surface area (Å²) in [7, 11) is 0. The monoisotopic (exact) mass is 243 g/mol. The molecular formula is C15H21N3. The molecule has 3 heteroatoms. The molecule has 0 aliphatic carbocycles. The van der Waals surface area contributed by atoms with Gasteiger partial charge in [-0.05, 0) is 36.6 Å². The number of benzene rings is 1. The van der Waals surface area contributed by atoms with E-state index in [1.54, 1.807) is 6.20 Å². The van der Waals surface area contributed by atoms with Crippen LogP contribution in [0.15, 0.2) is 30.5 Å². The van der Waals surface area contributed by atoms with Crippen LogP contribution in [0, 0.1) is 5.41 Å². The Hall–Kier alpha value is -1.77. The standard InChI is InChI=1S/C15H21N3/c1-10(15(2,3)4)18-13-8-7-12-11(14(13)16)6-5-9-17-12/h5-10,18H,16H2,1-4H3. The molecule has 1 aromatic carbocycles. The van der Waals surface area contributed by atoms with Crippen molar-refractivity contribution in [2.24, 2.45) is 5.41 Å². The fraction of sp³-hybridized carbons (Fsp3) is 0.400. The van der Waals surface area contributed by atoms with Crippen LogP contribution in [-0.2, 0) is 0 Å². The first-order chi connectivity index (χ1) is 8.39. The van der Waals surface area contributed by atoms with E-state index in [2.05, 4.69) is 38.0 Å². The van der Waals surface area contributed by atoms with Crippen molar-refractivity contribution < 1.29 is 0 Å². The number of hydrogen-bond acceptors (Lipinski definition) is 3. The second-order valence-corrected chi connectivity index (χ2v) is 5.83. The molecule has 0 radical (unpaired) electrons. The fourth-order valence-corrected chi connectivity index (χ4v) is 1.75. The molecule has 2 aromatic rings. The van der Waals surface area contributed by atoms with Gasteiger partial charge < -0.3 is 11.1 Å². The van der Waals surface area contributed by atoms with Gasteiger partial charge in [0, 0.05) is 17.6 Å². The maximum atomic E-state index is 6.21. The van der Waals surface area contributed by atoms with Crippen molar-refractivity contribution in [1.82, 2.24) is 4.98 Å². The first kappa shape index (κ1) is 12.7. The smallest absolute Gasteiger partial charge is 0.0724 e. The van der Waals surface area contributed by atoms with Crippen LogP contribution >= 0.6 is 0 Å². The minimum absolute atomic E-state index is 0.191. The molecule has 0 saturated carbocycles. The van der Waals surface area contributed by atoms with Gasteiger partial charge in [-0.15, -0.1) is 0 Å². The Balaban J connectivity index is 2.38. The molecule has 1 unspecified atom stereocenters. The summed E-state index contributed by atoms with van der Waals surface area (Å²) in [5, 5.41) is 4.49. The van der Waals surface area contributed by atoms with Gasteiger partial charge in [-0.3, -0.25) is 4.98 Å². The Labute approximate surface area is 108 Å². The van der Waals surface area contributed by atoms with Crippen molar-refractivity contribution in [2.45, 2.75) is 33.7 Å². The summed E-state index contributed by atoms with van der Waals surface area (Å²) < 4.78 is 0. The maximum absolute atomic E-state index is 6.21. The van der Waals surface area contributed by atoms with E-state index in [1.807, 2.05) is 24.3 Å². The van der Waals surface area contributed by atoms with Gasteiger partial charge in [0.1, 0.15) is 0 Å². The molecule has 0 aliphatic rings. The third-order valence-electron chi connectivity index (χ3n) is 3.50. The van der Waals surface area contributed by atoms with Crippen molar-refractivity contribution >= 4 is 22.3 Å². The van der Waals surface area contributed by atoms with E-state index in [0.717, 1.165) is 22.3 Å². The zero-order valence-electron chi connectivity index (χ0n) is 11.5. The lowest BCUT2D eigenvalue weighted by molar-refractivity contribution is 0.359. The van der Waals surface area contributed by atoms with Crippen LogP contribution < -0.4 is 11.1 Å². The minimum atomic E-state index is 0.191. The third kappa shape index (κ3) is 2.40. The summed E-state index contributed by atoms with van der Waals surface area (Å²) in [5.74, 6) is 0. The number of aromatic nitrogens is 1. The van der Waals surface area contributed by atoms with Crippen LogP contribution in [-0.4, -0.2) is 11.0 Å². The van der Waals surface area contributed by atoms with Crippen LogP contribution in [0.25, 0.3) is 10.9 Å². The number of fused-ring (bicyclic) bond motifs is 1. The Bertz CT molecular complexity index is 555. The van der Waals surface area contributed by atoms with Crippen LogP contribution in [0.3, 0.4) is 0 Å².